The molecule has 41 heavy (non-hydrogen) atoms. The minimum atomic E-state index is -4.16. The maximum atomic E-state index is 13.4. The molecule has 220 valence electrons. The van der Waals surface area contributed by atoms with Crippen LogP contribution in [0.25, 0.3) is 11.5 Å². The van der Waals surface area contributed by atoms with E-state index in [-0.39, 0.29) is 35.3 Å². The number of aliphatic hydroxyl groups excluding tert-OH is 1. The summed E-state index contributed by atoms with van der Waals surface area (Å²) in [6, 6.07) is 11.5. The first-order valence-electron chi connectivity index (χ1n) is 13.5. The third-order valence-corrected chi connectivity index (χ3v) is 8.72. The second-order valence-corrected chi connectivity index (χ2v) is 12.4. The fraction of sp³-hybridized carbons (Fsp3) is 0.429. The SMILES string of the molecule is Cc1oc(-c2ccccc2)nc1C(=O)NC(CC(C)C)C(=O)NC1CCCN(S(=O)(=O)c2cccc[n+]2[O-])C[C@@H]1O. The van der Waals surface area contributed by atoms with Gasteiger partial charge in [0.15, 0.2) is 11.9 Å². The van der Waals surface area contributed by atoms with E-state index in [1.165, 1.54) is 18.2 Å². The Balaban J connectivity index is 1.45. The zero-order valence-electron chi connectivity index (χ0n) is 23.2. The van der Waals surface area contributed by atoms with Crippen LogP contribution in [0.1, 0.15) is 49.4 Å². The number of pyridine rings is 1. The molecule has 2 amide bonds. The summed E-state index contributed by atoms with van der Waals surface area (Å²) in [6.45, 7) is 5.22. The Morgan fingerprint density at radius 1 is 1.20 bits per heavy atom. The minimum Gasteiger partial charge on any atom is -0.618 e. The average molecular weight is 586 g/mol. The number of nitrogens with zero attached hydrogens (tertiary/aromatic N) is 3. The number of amides is 2. The van der Waals surface area contributed by atoms with Gasteiger partial charge < -0.3 is 25.4 Å². The lowest BCUT2D eigenvalue weighted by Crippen LogP contribution is -2.54. The first-order valence-corrected chi connectivity index (χ1v) is 14.9. The molecule has 1 aromatic carbocycles. The minimum absolute atomic E-state index is 0.0497. The number of nitrogens with one attached hydrogen (secondary N) is 2. The van der Waals surface area contributed by atoms with Crippen molar-refractivity contribution in [3.05, 3.63) is 71.4 Å². The second kappa shape index (κ2) is 12.8. The number of benzene rings is 1. The normalized spacial score (nSPS) is 19.0. The van der Waals surface area contributed by atoms with Gasteiger partial charge in [-0.1, -0.05) is 32.0 Å². The molecule has 2 unspecified atom stereocenters. The van der Waals surface area contributed by atoms with Crippen LogP contribution in [-0.4, -0.2) is 65.9 Å². The third-order valence-electron chi connectivity index (χ3n) is 6.86. The number of carbonyl (C=O) groups is 2. The maximum absolute atomic E-state index is 13.4. The van der Waals surface area contributed by atoms with E-state index in [4.69, 9.17) is 4.42 Å². The number of β-amino-alcohol motifs (C(OH)–C–C–N with tert-alkyl or cyclic N) is 1. The molecule has 2 aromatic heterocycles. The first-order chi connectivity index (χ1) is 19.5. The summed E-state index contributed by atoms with van der Waals surface area (Å²) < 4.78 is 33.2. The van der Waals surface area contributed by atoms with Gasteiger partial charge in [-0.15, -0.1) is 0 Å². The Kier molecular flexibility index (Phi) is 9.41. The molecule has 0 radical (unpaired) electrons. The maximum Gasteiger partial charge on any atom is 0.323 e. The molecule has 1 aliphatic rings. The highest BCUT2D eigenvalue weighted by Gasteiger charge is 2.37. The average Bonchev–Trinajstić information content (AvgIpc) is 3.23. The van der Waals surface area contributed by atoms with Crippen LogP contribution in [0.3, 0.4) is 0 Å². The lowest BCUT2D eigenvalue weighted by atomic mass is 10.0. The lowest BCUT2D eigenvalue weighted by molar-refractivity contribution is -0.646. The Bertz CT molecular complexity index is 1480. The summed E-state index contributed by atoms with van der Waals surface area (Å²) >= 11 is 0. The van der Waals surface area contributed by atoms with Gasteiger partial charge in [-0.25, -0.2) is 13.4 Å². The molecule has 3 aromatic rings. The van der Waals surface area contributed by atoms with E-state index in [0.717, 1.165) is 10.5 Å². The smallest absolute Gasteiger partial charge is 0.323 e. The monoisotopic (exact) mass is 585 g/mol. The van der Waals surface area contributed by atoms with Crippen LogP contribution in [0.5, 0.6) is 0 Å². The molecular weight excluding hydrogens is 550 g/mol. The van der Waals surface area contributed by atoms with Crippen LogP contribution < -0.4 is 15.4 Å². The second-order valence-electron chi connectivity index (χ2n) is 10.5. The highest BCUT2D eigenvalue weighted by Crippen LogP contribution is 2.22. The van der Waals surface area contributed by atoms with E-state index in [0.29, 0.717) is 30.6 Å². The summed E-state index contributed by atoms with van der Waals surface area (Å²) in [5.41, 5.74) is 0.777. The van der Waals surface area contributed by atoms with Crippen molar-refractivity contribution in [1.29, 1.82) is 0 Å². The van der Waals surface area contributed by atoms with Gasteiger partial charge in [0.25, 0.3) is 5.91 Å². The molecule has 13 heteroatoms. The molecule has 0 aliphatic carbocycles. The zero-order chi connectivity index (χ0) is 29.7. The van der Waals surface area contributed by atoms with Gasteiger partial charge in [-0.3, -0.25) is 9.59 Å². The van der Waals surface area contributed by atoms with E-state index in [1.54, 1.807) is 6.92 Å². The molecule has 3 heterocycles. The van der Waals surface area contributed by atoms with Crippen molar-refractivity contribution >= 4 is 21.8 Å². The molecule has 0 bridgehead atoms. The Labute approximate surface area is 239 Å². The highest BCUT2D eigenvalue weighted by molar-refractivity contribution is 7.88. The number of aliphatic hydroxyl groups is 1. The van der Waals surface area contributed by atoms with Gasteiger partial charge in [0, 0.05) is 30.8 Å². The summed E-state index contributed by atoms with van der Waals surface area (Å²) in [5, 5.41) is 28.1. The molecule has 3 atom stereocenters. The number of hydrogen-bond acceptors (Lipinski definition) is 8. The van der Waals surface area contributed by atoms with E-state index < -0.39 is 45.1 Å². The van der Waals surface area contributed by atoms with Crippen LogP contribution in [-0.2, 0) is 14.8 Å². The molecule has 1 saturated heterocycles. The molecule has 3 N–H and O–H groups in total. The number of aryl methyl sites for hydroxylation is 1. The van der Waals surface area contributed by atoms with E-state index >= 15 is 0 Å². The van der Waals surface area contributed by atoms with Crippen molar-refractivity contribution in [3.8, 4) is 11.5 Å². The molecule has 12 nitrogen and oxygen atoms in total. The number of aromatic nitrogens is 2. The zero-order valence-corrected chi connectivity index (χ0v) is 24.0. The first kappa shape index (κ1) is 30.2. The summed E-state index contributed by atoms with van der Waals surface area (Å²) in [6.07, 6.45) is 0.823. The van der Waals surface area contributed by atoms with Gasteiger partial charge in [-0.05, 0) is 50.3 Å². The number of oxazole rings is 1. The predicted octanol–water partition coefficient (Wildman–Crippen LogP) is 1.76. The fourth-order valence-corrected chi connectivity index (χ4v) is 6.28. The van der Waals surface area contributed by atoms with Crippen molar-refractivity contribution in [2.75, 3.05) is 13.1 Å². The van der Waals surface area contributed by atoms with Gasteiger partial charge in [0.1, 0.15) is 11.8 Å². The lowest BCUT2D eigenvalue weighted by Gasteiger charge is -2.27. The summed E-state index contributed by atoms with van der Waals surface area (Å²) in [4.78, 5) is 30.9. The van der Waals surface area contributed by atoms with Gasteiger partial charge >= 0.3 is 15.0 Å². The topological polar surface area (TPSA) is 169 Å². The quantitative estimate of drug-likeness (QED) is 0.252. The van der Waals surface area contributed by atoms with E-state index in [2.05, 4.69) is 15.6 Å². The van der Waals surface area contributed by atoms with Crippen LogP contribution in [0, 0.1) is 18.0 Å². The van der Waals surface area contributed by atoms with Crippen molar-refractivity contribution in [2.45, 2.75) is 63.2 Å². The Hall–Kier alpha value is -3.81. The Morgan fingerprint density at radius 2 is 1.90 bits per heavy atom. The van der Waals surface area contributed by atoms with Crippen molar-refractivity contribution in [3.63, 3.8) is 0 Å². The van der Waals surface area contributed by atoms with Crippen LogP contribution in [0.2, 0.25) is 0 Å². The highest BCUT2D eigenvalue weighted by atomic mass is 32.2. The molecular formula is C28H35N5O7S. The molecule has 1 aliphatic heterocycles. The van der Waals surface area contributed by atoms with Crippen LogP contribution in [0.15, 0.2) is 64.2 Å². The summed E-state index contributed by atoms with van der Waals surface area (Å²) in [7, 11) is -4.16. The van der Waals surface area contributed by atoms with Crippen molar-refractivity contribution in [1.82, 2.24) is 19.9 Å². The van der Waals surface area contributed by atoms with Gasteiger partial charge in [0.2, 0.25) is 11.8 Å². The van der Waals surface area contributed by atoms with Crippen LogP contribution >= 0.6 is 0 Å². The van der Waals surface area contributed by atoms with Crippen LogP contribution in [0.4, 0.5) is 0 Å². The fourth-order valence-electron chi connectivity index (χ4n) is 4.76. The van der Waals surface area contributed by atoms with Gasteiger partial charge in [-0.2, -0.15) is 9.04 Å². The number of rotatable bonds is 9. The number of hydrogen-bond donors (Lipinski definition) is 3. The van der Waals surface area contributed by atoms with Crippen molar-refractivity contribution in [2.24, 2.45) is 5.92 Å². The van der Waals surface area contributed by atoms with Crippen molar-refractivity contribution < 1.29 is 32.3 Å². The molecule has 1 fully saturated rings. The molecule has 0 saturated carbocycles. The largest absolute Gasteiger partial charge is 0.618 e. The van der Waals surface area contributed by atoms with E-state index in [9.17, 15) is 28.3 Å². The number of sulfonamides is 1. The predicted molar refractivity (Wildman–Crippen MR) is 149 cm³/mol. The molecule has 0 spiro atoms. The Morgan fingerprint density at radius 3 is 2.59 bits per heavy atom. The molecule has 4 rings (SSSR count). The van der Waals surface area contributed by atoms with E-state index in [1.807, 2.05) is 44.2 Å². The standard InChI is InChI=1S/C28H35N5O7S/c1-18(2)16-22(30-27(36)25-19(3)40-28(31-25)20-10-5-4-6-11-20)26(35)29-21-12-9-14-32(17-23(21)34)41(38,39)24-13-7-8-15-33(24)37/h4-8,10-11,13,15,18,21-23,34H,9,12,14,16-17H2,1-3H3,(H,29,35)(H,30,36)/t21?,22?,23-/m0/s1. The third kappa shape index (κ3) is 7.10. The van der Waals surface area contributed by atoms with Gasteiger partial charge in [0.05, 0.1) is 12.1 Å². The number of carbonyl (C=O) groups excluding carboxylic acids is 2. The summed E-state index contributed by atoms with van der Waals surface area (Å²) in [5.74, 6) is -0.423.